The molecule has 1 aliphatic heterocycles. The summed E-state index contributed by atoms with van der Waals surface area (Å²) in [4.78, 5) is 27.8. The fourth-order valence-corrected chi connectivity index (χ4v) is 4.20. The van der Waals surface area contributed by atoms with Gasteiger partial charge in [-0.3, -0.25) is 15.3 Å². The van der Waals surface area contributed by atoms with E-state index in [1.54, 1.807) is 24.8 Å². The highest BCUT2D eigenvalue weighted by Gasteiger charge is 2.33. The van der Waals surface area contributed by atoms with Gasteiger partial charge in [-0.15, -0.1) is 0 Å². The molecule has 0 bridgehead atoms. The van der Waals surface area contributed by atoms with E-state index in [2.05, 4.69) is 34.9 Å². The number of piperidine rings is 1. The number of amides is 2. The van der Waals surface area contributed by atoms with Gasteiger partial charge in [0.05, 0.1) is 16.9 Å². The van der Waals surface area contributed by atoms with Crippen molar-refractivity contribution in [3.63, 3.8) is 0 Å². The fraction of sp³-hybridized carbons (Fsp3) is 0.316. The summed E-state index contributed by atoms with van der Waals surface area (Å²) in [7, 11) is 0. The lowest BCUT2D eigenvalue weighted by molar-refractivity contribution is 0.243. The number of pyridine rings is 1. The molecule has 8 nitrogen and oxygen atoms in total. The zero-order valence-corrected chi connectivity index (χ0v) is 17.3. The fourth-order valence-electron chi connectivity index (χ4n) is 3.43. The van der Waals surface area contributed by atoms with Gasteiger partial charge in [-0.05, 0) is 43.1 Å². The Morgan fingerprint density at radius 2 is 2.17 bits per heavy atom. The van der Waals surface area contributed by atoms with Crippen LogP contribution in [-0.2, 0) is 0 Å². The summed E-state index contributed by atoms with van der Waals surface area (Å²) in [6, 6.07) is 5.25. The Hall–Kier alpha value is -2.78. The quantitative estimate of drug-likeness (QED) is 0.659. The molecule has 2 amide bonds. The van der Waals surface area contributed by atoms with Gasteiger partial charge < -0.3 is 10.2 Å². The highest BCUT2D eigenvalue weighted by molar-refractivity contribution is 7.10. The molecule has 3 aromatic rings. The van der Waals surface area contributed by atoms with E-state index in [9.17, 15) is 4.79 Å². The number of carbonyl (C=O) groups is 1. The smallest absolute Gasteiger partial charge is 0.320 e. The second-order valence-electron chi connectivity index (χ2n) is 6.84. The molecular formula is C19H20ClN7OS. The molecule has 2 N–H and O–H groups in total. The second-order valence-corrected chi connectivity index (χ2v) is 8.08. The largest absolute Gasteiger partial charge is 0.355 e. The number of rotatable bonds is 4. The summed E-state index contributed by atoms with van der Waals surface area (Å²) in [5.41, 5.74) is 1.76. The van der Waals surface area contributed by atoms with Crippen LogP contribution < -0.4 is 15.5 Å². The van der Waals surface area contributed by atoms with Crippen molar-refractivity contribution >= 4 is 40.0 Å². The molecule has 0 spiro atoms. The van der Waals surface area contributed by atoms with Gasteiger partial charge in [0.1, 0.15) is 10.8 Å². The van der Waals surface area contributed by atoms with Gasteiger partial charge in [-0.1, -0.05) is 11.6 Å². The Bertz CT molecular complexity index is 966. The first kappa shape index (κ1) is 19.5. The molecule has 4 rings (SSSR count). The molecule has 0 unspecified atom stereocenters. The maximum Gasteiger partial charge on any atom is 0.320 e. The molecule has 1 fully saturated rings. The van der Waals surface area contributed by atoms with E-state index in [1.165, 1.54) is 11.5 Å². The lowest BCUT2D eigenvalue weighted by Gasteiger charge is -2.39. The van der Waals surface area contributed by atoms with E-state index < -0.39 is 0 Å². The number of nitrogens with zero attached hydrogens (tertiary/aromatic N) is 5. The maximum absolute atomic E-state index is 12.6. The number of urea groups is 1. The number of aryl methyl sites for hydroxylation is 1. The first-order valence-corrected chi connectivity index (χ1v) is 10.4. The van der Waals surface area contributed by atoms with E-state index in [1.807, 2.05) is 25.1 Å². The van der Waals surface area contributed by atoms with Gasteiger partial charge in [0, 0.05) is 49.3 Å². The van der Waals surface area contributed by atoms with Crippen LogP contribution in [0.15, 0.2) is 43.0 Å². The Morgan fingerprint density at radius 1 is 1.28 bits per heavy atom. The molecule has 1 saturated heterocycles. The highest BCUT2D eigenvalue weighted by Crippen LogP contribution is 2.29. The minimum atomic E-state index is -0.245. The molecule has 4 heterocycles. The Balaban J connectivity index is 1.51. The molecule has 10 heteroatoms. The summed E-state index contributed by atoms with van der Waals surface area (Å²) in [6.45, 7) is 3.31. The zero-order valence-electron chi connectivity index (χ0n) is 15.7. The minimum Gasteiger partial charge on any atom is -0.355 e. The van der Waals surface area contributed by atoms with Crippen LogP contribution in [0.5, 0.6) is 0 Å². The molecule has 0 radical (unpaired) electrons. The van der Waals surface area contributed by atoms with Crippen molar-refractivity contribution in [1.29, 1.82) is 0 Å². The first-order chi connectivity index (χ1) is 14.1. The maximum atomic E-state index is 12.6. The van der Waals surface area contributed by atoms with Crippen LogP contribution in [-0.4, -0.2) is 44.5 Å². The highest BCUT2D eigenvalue weighted by atomic mass is 35.5. The van der Waals surface area contributed by atoms with Crippen molar-refractivity contribution in [1.82, 2.24) is 24.6 Å². The Labute approximate surface area is 177 Å². The third-order valence-electron chi connectivity index (χ3n) is 4.80. The molecule has 3 aromatic heterocycles. The van der Waals surface area contributed by atoms with Crippen molar-refractivity contribution in [3.8, 4) is 0 Å². The lowest BCUT2D eigenvalue weighted by Crippen LogP contribution is -2.51. The number of halogens is 1. The number of carbonyl (C=O) groups excluding carboxylic acids is 1. The number of anilines is 2. The van der Waals surface area contributed by atoms with Crippen LogP contribution in [0.4, 0.5) is 15.6 Å². The standard InChI is InChI=1S/C19H20ClN7OS/c1-12-8-18(29-26-12)25-19(28)24-16-4-7-27(17-10-21-5-6-22-17)11-14(16)15-3-2-13(20)9-23-15/h2-3,5-6,8-10,14,16H,4,7,11H2,1H3,(H2,24,25,28)/t14-,16+/m0/s1. The number of hydrogen-bond acceptors (Lipinski definition) is 7. The van der Waals surface area contributed by atoms with Crippen LogP contribution in [0.2, 0.25) is 5.02 Å². The third-order valence-corrected chi connectivity index (χ3v) is 5.82. The lowest BCUT2D eigenvalue weighted by atomic mass is 9.89. The second kappa shape index (κ2) is 8.71. The minimum absolute atomic E-state index is 0.0167. The molecule has 0 aliphatic carbocycles. The van der Waals surface area contributed by atoms with Crippen molar-refractivity contribution in [2.45, 2.75) is 25.3 Å². The topological polar surface area (TPSA) is 95.9 Å². The van der Waals surface area contributed by atoms with Crippen LogP contribution in [0.1, 0.15) is 23.7 Å². The predicted molar refractivity (Wildman–Crippen MR) is 114 cm³/mol. The molecule has 0 aromatic carbocycles. The van der Waals surface area contributed by atoms with Gasteiger partial charge in [-0.25, -0.2) is 9.78 Å². The summed E-state index contributed by atoms with van der Waals surface area (Å²) in [6.07, 6.45) is 7.47. The predicted octanol–water partition coefficient (Wildman–Crippen LogP) is 3.47. The molecule has 2 atom stereocenters. The van der Waals surface area contributed by atoms with Crippen molar-refractivity contribution in [3.05, 3.63) is 59.4 Å². The van der Waals surface area contributed by atoms with E-state index in [0.717, 1.165) is 35.2 Å². The van der Waals surface area contributed by atoms with E-state index in [4.69, 9.17) is 11.6 Å². The summed E-state index contributed by atoms with van der Waals surface area (Å²) in [5.74, 6) is 0.798. The Morgan fingerprint density at radius 3 is 2.86 bits per heavy atom. The van der Waals surface area contributed by atoms with Crippen LogP contribution >= 0.6 is 23.1 Å². The monoisotopic (exact) mass is 429 g/mol. The van der Waals surface area contributed by atoms with Crippen molar-refractivity contribution in [2.24, 2.45) is 0 Å². The SMILES string of the molecule is Cc1cc(NC(=O)N[C@@H]2CCN(c3cnccn3)C[C@H]2c2ccc(Cl)cn2)sn1. The van der Waals surface area contributed by atoms with Gasteiger partial charge in [0.15, 0.2) is 0 Å². The van der Waals surface area contributed by atoms with Gasteiger partial charge in [0.25, 0.3) is 0 Å². The average Bonchev–Trinajstić information content (AvgIpc) is 3.14. The average molecular weight is 430 g/mol. The van der Waals surface area contributed by atoms with Gasteiger partial charge in [0.2, 0.25) is 0 Å². The summed E-state index contributed by atoms with van der Waals surface area (Å²) < 4.78 is 4.19. The summed E-state index contributed by atoms with van der Waals surface area (Å²) in [5, 5.41) is 7.27. The van der Waals surface area contributed by atoms with E-state index in [0.29, 0.717) is 11.6 Å². The molecule has 150 valence electrons. The van der Waals surface area contributed by atoms with Gasteiger partial charge >= 0.3 is 6.03 Å². The summed E-state index contributed by atoms with van der Waals surface area (Å²) >= 11 is 7.28. The first-order valence-electron chi connectivity index (χ1n) is 9.22. The van der Waals surface area contributed by atoms with E-state index in [-0.39, 0.29) is 18.0 Å². The van der Waals surface area contributed by atoms with Crippen molar-refractivity contribution < 1.29 is 4.79 Å². The molecule has 29 heavy (non-hydrogen) atoms. The number of aromatic nitrogens is 4. The molecule has 0 saturated carbocycles. The third kappa shape index (κ3) is 4.80. The normalized spacial score (nSPS) is 19.0. The van der Waals surface area contributed by atoms with Crippen LogP contribution in [0.25, 0.3) is 0 Å². The number of nitrogens with one attached hydrogen (secondary N) is 2. The number of hydrogen-bond donors (Lipinski definition) is 2. The van der Waals surface area contributed by atoms with E-state index >= 15 is 0 Å². The van der Waals surface area contributed by atoms with Gasteiger partial charge in [-0.2, -0.15) is 4.37 Å². The molecule has 1 aliphatic rings. The van der Waals surface area contributed by atoms with Crippen molar-refractivity contribution in [2.75, 3.05) is 23.3 Å². The van der Waals surface area contributed by atoms with Crippen LogP contribution in [0, 0.1) is 6.92 Å². The zero-order chi connectivity index (χ0) is 20.2. The van der Waals surface area contributed by atoms with Crippen LogP contribution in [0.3, 0.4) is 0 Å². The molecular weight excluding hydrogens is 410 g/mol. The Kier molecular flexibility index (Phi) is 5.86.